The highest BCUT2D eigenvalue weighted by Crippen LogP contribution is 2.34. The lowest BCUT2D eigenvalue weighted by molar-refractivity contribution is 0.0671. The Hall–Kier alpha value is -4.12. The number of hydrogen-bond acceptors (Lipinski definition) is 12. The Labute approximate surface area is 226 Å². The topological polar surface area (TPSA) is 181 Å². The van der Waals surface area contributed by atoms with Crippen molar-refractivity contribution in [1.82, 2.24) is 44.4 Å². The first-order valence-corrected chi connectivity index (χ1v) is 12.6. The van der Waals surface area contributed by atoms with Crippen LogP contribution in [0, 0.1) is 6.92 Å². The van der Waals surface area contributed by atoms with Crippen molar-refractivity contribution < 1.29 is 27.7 Å². The van der Waals surface area contributed by atoms with Crippen molar-refractivity contribution >= 4 is 11.3 Å². The van der Waals surface area contributed by atoms with Crippen LogP contribution in [0.25, 0.3) is 17.2 Å². The van der Waals surface area contributed by atoms with Crippen molar-refractivity contribution in [3.8, 4) is 34.8 Å². The normalized spacial score (nSPS) is 13.5. The zero-order valence-corrected chi connectivity index (χ0v) is 22.6. The first-order valence-electron chi connectivity index (χ1n) is 11.5. The van der Waals surface area contributed by atoms with Crippen molar-refractivity contribution in [3.63, 3.8) is 0 Å². The van der Waals surface area contributed by atoms with Gasteiger partial charge < -0.3 is 18.9 Å². The summed E-state index contributed by atoms with van der Waals surface area (Å²) < 4.78 is 47.9. The third-order valence-electron chi connectivity index (χ3n) is 5.59. The van der Waals surface area contributed by atoms with E-state index in [4.69, 9.17) is 18.9 Å². The molecule has 0 aliphatic heterocycles. The number of ether oxygens (including phenoxy) is 4. The first-order chi connectivity index (χ1) is 18.9. The average Bonchev–Trinajstić information content (AvgIpc) is 3.36. The number of nitrogens with zero attached hydrogens (tertiary/aromatic N) is 8. The lowest BCUT2D eigenvalue weighted by Gasteiger charge is -2.24. The fourth-order valence-electron chi connectivity index (χ4n) is 3.88. The average molecular weight is 558 g/mol. The van der Waals surface area contributed by atoms with Gasteiger partial charge in [-0.05, 0) is 18.6 Å². The lowest BCUT2D eigenvalue weighted by Crippen LogP contribution is -2.40. The van der Waals surface area contributed by atoms with Gasteiger partial charge in [-0.3, -0.25) is 9.12 Å². The van der Waals surface area contributed by atoms with Gasteiger partial charge in [0.15, 0.2) is 17.3 Å². The predicted octanol–water partition coefficient (Wildman–Crippen LogP) is 1.27. The van der Waals surface area contributed by atoms with Crippen LogP contribution >= 0.6 is 0 Å². The van der Waals surface area contributed by atoms with E-state index in [1.165, 1.54) is 34.8 Å². The molecule has 0 spiro atoms. The van der Waals surface area contributed by atoms with Crippen molar-refractivity contribution in [2.24, 2.45) is 0 Å². The van der Waals surface area contributed by atoms with Crippen LogP contribution in [0.5, 0.6) is 17.6 Å². The molecule has 0 saturated heterocycles. The molecule has 206 valence electrons. The van der Waals surface area contributed by atoms with E-state index in [0.717, 1.165) is 5.56 Å². The van der Waals surface area contributed by atoms with E-state index in [-0.39, 0.29) is 18.2 Å². The molecule has 4 heterocycles. The molecule has 1 unspecified atom stereocenters. The van der Waals surface area contributed by atoms with E-state index < -0.39 is 23.4 Å². The molecule has 15 nitrogen and oxygen atoms in total. The quantitative estimate of drug-likeness (QED) is 0.238. The molecule has 0 aliphatic rings. The van der Waals surface area contributed by atoms with Crippen LogP contribution < -0.4 is 18.9 Å². The molecule has 2 N–H and O–H groups in total. The fraction of sp³-hybridized carbons (Fsp3) is 0.348. The van der Waals surface area contributed by atoms with Crippen molar-refractivity contribution in [3.05, 3.63) is 54.1 Å². The van der Waals surface area contributed by atoms with E-state index in [2.05, 4.69) is 39.8 Å². The second-order valence-corrected chi connectivity index (χ2v) is 8.77. The molecule has 39 heavy (non-hydrogen) atoms. The monoisotopic (exact) mass is 557 g/mol. The van der Waals surface area contributed by atoms with E-state index in [1.54, 1.807) is 35.2 Å². The van der Waals surface area contributed by atoms with Gasteiger partial charge in [0.1, 0.15) is 23.9 Å². The van der Waals surface area contributed by atoms with Gasteiger partial charge in [-0.15, -0.1) is 10.2 Å². The van der Waals surface area contributed by atoms with Gasteiger partial charge >= 0.3 is 0 Å². The number of rotatable bonds is 12. The molecular weight excluding hydrogens is 530 g/mol. The number of aryl methyl sites for hydroxylation is 1. The van der Waals surface area contributed by atoms with Crippen LogP contribution in [-0.4, -0.2) is 82.9 Å². The summed E-state index contributed by atoms with van der Waals surface area (Å²) >= 11 is -2.41. The third-order valence-corrected chi connectivity index (χ3v) is 6.09. The van der Waals surface area contributed by atoms with E-state index in [1.807, 2.05) is 6.92 Å². The zero-order chi connectivity index (χ0) is 27.9. The summed E-state index contributed by atoms with van der Waals surface area (Å²) in [5.41, 5.74) is 1.57. The largest absolute Gasteiger partial charge is 0.481 e. The minimum atomic E-state index is -2.41. The first kappa shape index (κ1) is 27.9. The molecule has 4 aromatic rings. The summed E-state index contributed by atoms with van der Waals surface area (Å²) in [4.78, 5) is 21.6. The molecule has 4 aromatic heterocycles. The highest BCUT2D eigenvalue weighted by Gasteiger charge is 2.32. The Morgan fingerprint density at radius 2 is 1.69 bits per heavy atom. The Morgan fingerprint density at radius 3 is 2.28 bits per heavy atom. The minimum absolute atomic E-state index is 0.0141. The van der Waals surface area contributed by atoms with Crippen LogP contribution in [0.15, 0.2) is 36.9 Å². The lowest BCUT2D eigenvalue weighted by atomic mass is 10.1. The standard InChI is InChI=1S/C23H27N9O6S/c1-13-10-24-20(25-11-13)19(36-3)15(31-39(33)34)9-16-29-30-21(14-7-6-8-17(28-14)35-2)32(16)18-22(37-4)26-12-27-23(18)38-5/h6-8,10-12,15,19,31H,9H2,1-5H3,(H,33,34)/t15-,19-/m0/s1. The molecule has 16 heteroatoms. The summed E-state index contributed by atoms with van der Waals surface area (Å²) in [7, 11) is 5.86. The smallest absolute Gasteiger partial charge is 0.245 e. The molecule has 0 amide bonds. The van der Waals surface area contributed by atoms with Crippen LogP contribution in [-0.2, 0) is 22.4 Å². The number of pyridine rings is 1. The highest BCUT2D eigenvalue weighted by atomic mass is 32.2. The molecule has 0 bridgehead atoms. The number of hydrogen-bond donors (Lipinski definition) is 2. The third kappa shape index (κ3) is 6.14. The van der Waals surface area contributed by atoms with Crippen LogP contribution in [0.2, 0.25) is 0 Å². The van der Waals surface area contributed by atoms with Gasteiger partial charge in [-0.2, -0.15) is 9.97 Å². The molecule has 0 aliphatic carbocycles. The molecule has 0 radical (unpaired) electrons. The Morgan fingerprint density at radius 1 is 1.00 bits per heavy atom. The fourth-order valence-corrected chi connectivity index (χ4v) is 4.34. The summed E-state index contributed by atoms with van der Waals surface area (Å²) in [6.45, 7) is 1.85. The van der Waals surface area contributed by atoms with Crippen LogP contribution in [0.1, 0.15) is 23.3 Å². The van der Waals surface area contributed by atoms with Crippen molar-refractivity contribution in [1.29, 1.82) is 0 Å². The van der Waals surface area contributed by atoms with E-state index in [9.17, 15) is 8.76 Å². The number of nitrogens with one attached hydrogen (secondary N) is 1. The molecule has 3 atom stereocenters. The van der Waals surface area contributed by atoms with Gasteiger partial charge in [-0.1, -0.05) is 6.07 Å². The van der Waals surface area contributed by atoms with Crippen LogP contribution in [0.3, 0.4) is 0 Å². The zero-order valence-electron chi connectivity index (χ0n) is 21.8. The molecule has 0 fully saturated rings. The summed E-state index contributed by atoms with van der Waals surface area (Å²) in [6.07, 6.45) is 3.74. The molecule has 0 saturated carbocycles. The highest BCUT2D eigenvalue weighted by molar-refractivity contribution is 7.77. The van der Waals surface area contributed by atoms with Gasteiger partial charge in [0.05, 0.1) is 27.4 Å². The molecule has 4 rings (SSSR count). The van der Waals surface area contributed by atoms with Gasteiger partial charge in [-0.25, -0.2) is 23.9 Å². The van der Waals surface area contributed by atoms with Crippen molar-refractivity contribution in [2.75, 3.05) is 28.4 Å². The van der Waals surface area contributed by atoms with Gasteiger partial charge in [0, 0.05) is 32.0 Å². The summed E-state index contributed by atoms with van der Waals surface area (Å²) in [5.74, 6) is 1.63. The van der Waals surface area contributed by atoms with Crippen LogP contribution in [0.4, 0.5) is 0 Å². The summed E-state index contributed by atoms with van der Waals surface area (Å²) in [6, 6.07) is 4.34. The summed E-state index contributed by atoms with van der Waals surface area (Å²) in [5, 5.41) is 8.78. The second-order valence-electron chi connectivity index (χ2n) is 8.03. The Balaban J connectivity index is 1.90. The Kier molecular flexibility index (Phi) is 9.03. The van der Waals surface area contributed by atoms with Gasteiger partial charge in [0.2, 0.25) is 28.9 Å². The van der Waals surface area contributed by atoms with Gasteiger partial charge in [0.25, 0.3) is 0 Å². The van der Waals surface area contributed by atoms with E-state index >= 15 is 0 Å². The molecule has 0 aromatic carbocycles. The SMILES string of the molecule is COc1cccc(-c2nnc(C[C@H](NS(=O)O)[C@H](OC)c3ncc(C)cn3)n2-c2c(OC)ncnc2OC)n1. The maximum atomic E-state index is 11.9. The van der Waals surface area contributed by atoms with Crippen molar-refractivity contribution in [2.45, 2.75) is 25.5 Å². The number of aromatic nitrogens is 8. The maximum Gasteiger partial charge on any atom is 0.245 e. The minimum Gasteiger partial charge on any atom is -0.481 e. The Bertz CT molecular complexity index is 1410. The second kappa shape index (κ2) is 12.6. The van der Waals surface area contributed by atoms with E-state index in [0.29, 0.717) is 34.7 Å². The number of methoxy groups -OCH3 is 4. The predicted molar refractivity (Wildman–Crippen MR) is 138 cm³/mol. The maximum absolute atomic E-state index is 11.9. The molecular formula is C23H27N9O6S.